The number of ether oxygens (including phenoxy) is 1. The number of amides is 1. The highest BCUT2D eigenvalue weighted by atomic mass is 32.1. The summed E-state index contributed by atoms with van der Waals surface area (Å²) in [7, 11) is 1.91. The molecule has 1 aromatic heterocycles. The second-order valence-corrected chi connectivity index (χ2v) is 7.84. The number of nitrogens with zero attached hydrogens (tertiary/aromatic N) is 2. The van der Waals surface area contributed by atoms with Gasteiger partial charge in [-0.15, -0.1) is 11.3 Å². The molecule has 3 rings (SSSR count). The van der Waals surface area contributed by atoms with E-state index in [1.54, 1.807) is 11.3 Å². The molecule has 0 saturated heterocycles. The number of carbonyl (C=O) groups is 1. The summed E-state index contributed by atoms with van der Waals surface area (Å²) < 4.78 is 5.72. The quantitative estimate of drug-likeness (QED) is 0.615. The van der Waals surface area contributed by atoms with Crippen molar-refractivity contribution in [3.8, 4) is 17.0 Å². The standard InChI is InChI=1S/C22H25N3O2S/c1-16-7-9-20(10-8-16)27-12-11-25(3)14-22(26)24-19-6-4-5-18(13-19)21-15-28-17(2)23-21/h4-10,13,15H,11-12,14H2,1-3H3,(H,24,26). The van der Waals surface area contributed by atoms with Gasteiger partial charge in [0.2, 0.25) is 5.91 Å². The lowest BCUT2D eigenvalue weighted by atomic mass is 10.1. The molecule has 0 aliphatic rings. The van der Waals surface area contributed by atoms with Gasteiger partial charge in [0, 0.05) is 23.2 Å². The van der Waals surface area contributed by atoms with Crippen molar-refractivity contribution in [3.05, 3.63) is 64.5 Å². The van der Waals surface area contributed by atoms with Gasteiger partial charge >= 0.3 is 0 Å². The van der Waals surface area contributed by atoms with Crippen molar-refractivity contribution in [3.63, 3.8) is 0 Å². The van der Waals surface area contributed by atoms with Gasteiger partial charge in [-0.1, -0.05) is 29.8 Å². The second kappa shape index (κ2) is 9.48. The number of hydrogen-bond acceptors (Lipinski definition) is 5. The van der Waals surface area contributed by atoms with E-state index in [2.05, 4.69) is 10.3 Å². The van der Waals surface area contributed by atoms with Crippen LogP contribution in [0.15, 0.2) is 53.9 Å². The highest BCUT2D eigenvalue weighted by molar-refractivity contribution is 7.09. The average Bonchev–Trinajstić information content (AvgIpc) is 3.10. The van der Waals surface area contributed by atoms with Crippen molar-refractivity contribution >= 4 is 22.9 Å². The number of thiazole rings is 1. The zero-order chi connectivity index (χ0) is 19.9. The summed E-state index contributed by atoms with van der Waals surface area (Å²) >= 11 is 1.62. The first-order valence-corrected chi connectivity index (χ1v) is 10.1. The first-order chi connectivity index (χ1) is 13.5. The molecule has 0 saturated carbocycles. The third kappa shape index (κ3) is 5.90. The summed E-state index contributed by atoms with van der Waals surface area (Å²) in [4.78, 5) is 18.8. The summed E-state index contributed by atoms with van der Waals surface area (Å²) in [6.45, 7) is 5.53. The van der Waals surface area contributed by atoms with Gasteiger partial charge in [-0.3, -0.25) is 9.69 Å². The van der Waals surface area contributed by atoms with Crippen LogP contribution in [0.2, 0.25) is 0 Å². The molecule has 0 atom stereocenters. The number of hydrogen-bond donors (Lipinski definition) is 1. The molecule has 0 fully saturated rings. The minimum atomic E-state index is -0.0514. The number of nitrogens with one attached hydrogen (secondary N) is 1. The molecule has 0 unspecified atom stereocenters. The lowest BCUT2D eigenvalue weighted by molar-refractivity contribution is -0.117. The molecule has 0 aliphatic carbocycles. The second-order valence-electron chi connectivity index (χ2n) is 6.78. The molecule has 1 heterocycles. The molecule has 6 heteroatoms. The Kier molecular flexibility index (Phi) is 6.79. The van der Waals surface area contributed by atoms with Crippen LogP contribution in [0.5, 0.6) is 5.75 Å². The van der Waals surface area contributed by atoms with Gasteiger partial charge in [0.15, 0.2) is 0 Å². The van der Waals surface area contributed by atoms with Gasteiger partial charge in [-0.05, 0) is 45.2 Å². The number of anilines is 1. The monoisotopic (exact) mass is 395 g/mol. The highest BCUT2D eigenvalue weighted by Gasteiger charge is 2.09. The number of aryl methyl sites for hydroxylation is 2. The molecule has 0 radical (unpaired) electrons. The molecule has 146 valence electrons. The topological polar surface area (TPSA) is 54.5 Å². The summed E-state index contributed by atoms with van der Waals surface area (Å²) in [5.74, 6) is 0.794. The van der Waals surface area contributed by atoms with E-state index in [4.69, 9.17) is 4.74 Å². The van der Waals surface area contributed by atoms with Crippen LogP contribution in [-0.4, -0.2) is 42.5 Å². The summed E-state index contributed by atoms with van der Waals surface area (Å²) in [6.07, 6.45) is 0. The van der Waals surface area contributed by atoms with Gasteiger partial charge in [-0.2, -0.15) is 0 Å². The first kappa shape index (κ1) is 20.0. The van der Waals surface area contributed by atoms with Crippen LogP contribution < -0.4 is 10.1 Å². The predicted molar refractivity (Wildman–Crippen MR) is 115 cm³/mol. The van der Waals surface area contributed by atoms with Crippen molar-refractivity contribution in [2.24, 2.45) is 0 Å². The van der Waals surface area contributed by atoms with Crippen molar-refractivity contribution in [2.45, 2.75) is 13.8 Å². The van der Waals surface area contributed by atoms with E-state index in [0.717, 1.165) is 27.7 Å². The number of benzene rings is 2. The molecule has 1 amide bonds. The van der Waals surface area contributed by atoms with E-state index >= 15 is 0 Å². The Morgan fingerprint density at radius 3 is 2.68 bits per heavy atom. The van der Waals surface area contributed by atoms with E-state index in [1.165, 1.54) is 5.56 Å². The molecule has 0 bridgehead atoms. The Morgan fingerprint density at radius 1 is 1.18 bits per heavy atom. The number of aromatic nitrogens is 1. The normalized spacial score (nSPS) is 10.9. The summed E-state index contributed by atoms with van der Waals surface area (Å²) in [5, 5.41) is 6.01. The largest absolute Gasteiger partial charge is 0.492 e. The minimum absolute atomic E-state index is 0.0514. The van der Waals surface area contributed by atoms with Crippen LogP contribution in [0.3, 0.4) is 0 Å². The predicted octanol–water partition coefficient (Wildman–Crippen LogP) is 4.38. The van der Waals surface area contributed by atoms with Crippen molar-refractivity contribution in [1.29, 1.82) is 0 Å². The minimum Gasteiger partial charge on any atom is -0.492 e. The molecular formula is C22H25N3O2S. The Hall–Kier alpha value is -2.70. The Morgan fingerprint density at radius 2 is 1.96 bits per heavy atom. The molecule has 5 nitrogen and oxygen atoms in total. The van der Waals surface area contributed by atoms with Crippen LogP contribution >= 0.6 is 11.3 Å². The molecule has 28 heavy (non-hydrogen) atoms. The third-order valence-corrected chi connectivity index (χ3v) is 5.01. The van der Waals surface area contributed by atoms with E-state index in [9.17, 15) is 4.79 Å². The van der Waals surface area contributed by atoms with Crippen molar-refractivity contribution < 1.29 is 9.53 Å². The zero-order valence-electron chi connectivity index (χ0n) is 16.4. The smallest absolute Gasteiger partial charge is 0.238 e. The SMILES string of the molecule is Cc1ccc(OCCN(C)CC(=O)Nc2cccc(-c3csc(C)n3)c2)cc1. The Balaban J connectivity index is 1.46. The maximum Gasteiger partial charge on any atom is 0.238 e. The Bertz CT molecular complexity index is 922. The van der Waals surface area contributed by atoms with Crippen LogP contribution in [0.1, 0.15) is 10.6 Å². The first-order valence-electron chi connectivity index (χ1n) is 9.20. The molecule has 3 aromatic rings. The van der Waals surface area contributed by atoms with Gasteiger partial charge in [0.05, 0.1) is 17.2 Å². The zero-order valence-corrected chi connectivity index (χ0v) is 17.3. The summed E-state index contributed by atoms with van der Waals surface area (Å²) in [6, 6.07) is 15.7. The van der Waals surface area contributed by atoms with Gasteiger partial charge in [0.1, 0.15) is 12.4 Å². The van der Waals surface area contributed by atoms with Gasteiger partial charge in [0.25, 0.3) is 0 Å². The van der Waals surface area contributed by atoms with Crippen LogP contribution in [0.25, 0.3) is 11.3 Å². The number of carbonyl (C=O) groups excluding carboxylic acids is 1. The fourth-order valence-electron chi connectivity index (χ4n) is 2.73. The Labute approximate surface area is 170 Å². The molecule has 0 spiro atoms. The lowest BCUT2D eigenvalue weighted by Gasteiger charge is -2.17. The molecule has 0 aliphatic heterocycles. The van der Waals surface area contributed by atoms with Gasteiger partial charge in [-0.25, -0.2) is 4.98 Å². The van der Waals surface area contributed by atoms with Crippen LogP contribution in [-0.2, 0) is 4.79 Å². The lowest BCUT2D eigenvalue weighted by Crippen LogP contribution is -2.33. The fourth-order valence-corrected chi connectivity index (χ4v) is 3.35. The number of rotatable bonds is 8. The van der Waals surface area contributed by atoms with Gasteiger partial charge < -0.3 is 10.1 Å². The maximum absolute atomic E-state index is 12.3. The van der Waals surface area contributed by atoms with E-state index in [-0.39, 0.29) is 5.91 Å². The van der Waals surface area contributed by atoms with Crippen molar-refractivity contribution in [2.75, 3.05) is 32.1 Å². The third-order valence-electron chi connectivity index (χ3n) is 4.24. The van der Waals surface area contributed by atoms with E-state index < -0.39 is 0 Å². The van der Waals surface area contributed by atoms with Crippen molar-refractivity contribution in [1.82, 2.24) is 9.88 Å². The van der Waals surface area contributed by atoms with Crippen LogP contribution in [0.4, 0.5) is 5.69 Å². The average molecular weight is 396 g/mol. The number of likely N-dealkylation sites (N-methyl/N-ethyl adjacent to an activating group) is 1. The summed E-state index contributed by atoms with van der Waals surface area (Å²) in [5.41, 5.74) is 3.92. The molecular weight excluding hydrogens is 370 g/mol. The highest BCUT2D eigenvalue weighted by Crippen LogP contribution is 2.24. The fraction of sp³-hybridized carbons (Fsp3) is 0.273. The molecule has 1 N–H and O–H groups in total. The van der Waals surface area contributed by atoms with E-state index in [0.29, 0.717) is 19.7 Å². The maximum atomic E-state index is 12.3. The van der Waals surface area contributed by atoms with E-state index in [1.807, 2.05) is 79.7 Å². The van der Waals surface area contributed by atoms with Crippen LogP contribution in [0, 0.1) is 13.8 Å². The molecule has 2 aromatic carbocycles.